The van der Waals surface area contributed by atoms with E-state index < -0.39 is 0 Å². The van der Waals surface area contributed by atoms with E-state index >= 15 is 0 Å². The molecule has 0 N–H and O–H groups in total. The third-order valence-electron chi connectivity index (χ3n) is 6.44. The zero-order valence-corrected chi connectivity index (χ0v) is 22.5. The molecule has 2 heteroatoms. The Labute approximate surface area is 197 Å². The second kappa shape index (κ2) is 24.0. The molecular formula is C26H56IN. The van der Waals surface area contributed by atoms with Gasteiger partial charge in [-0.1, -0.05) is 91.9 Å². The Bertz CT molecular complexity index is 244. The molecule has 0 heterocycles. The second-order valence-corrected chi connectivity index (χ2v) is 9.19. The van der Waals surface area contributed by atoms with E-state index in [0.717, 1.165) is 0 Å². The van der Waals surface area contributed by atoms with Crippen molar-refractivity contribution in [3.63, 3.8) is 0 Å². The fourth-order valence-electron chi connectivity index (χ4n) is 4.52. The molecule has 0 bridgehead atoms. The van der Waals surface area contributed by atoms with Crippen LogP contribution in [-0.2, 0) is 0 Å². The Kier molecular flexibility index (Phi) is 26.4. The van der Waals surface area contributed by atoms with Crippen LogP contribution in [0.2, 0.25) is 0 Å². The van der Waals surface area contributed by atoms with Crippen LogP contribution >= 0.6 is 0 Å². The van der Waals surface area contributed by atoms with Crippen LogP contribution in [-0.4, -0.2) is 30.7 Å². The van der Waals surface area contributed by atoms with Gasteiger partial charge in [-0.3, -0.25) is 0 Å². The normalized spacial score (nSPS) is 11.6. The standard InChI is InChI=1S/C26H56N.HI/c1-5-9-13-16-20-24-27(23-19-12-8-4,25-21-17-14-10-6-2)26-22-18-15-11-7-3;/h5-26H2,1-4H3;1H/q+1;/p-1. The summed E-state index contributed by atoms with van der Waals surface area (Å²) in [6.45, 7) is 15.2. The highest BCUT2D eigenvalue weighted by atomic mass is 127. The lowest BCUT2D eigenvalue weighted by atomic mass is 10.1. The molecule has 1 nitrogen and oxygen atoms in total. The maximum absolute atomic E-state index is 2.36. The Hall–Kier alpha value is 0.690. The molecule has 0 radical (unpaired) electrons. The largest absolute Gasteiger partial charge is 1.00 e. The van der Waals surface area contributed by atoms with Crippen molar-refractivity contribution in [2.75, 3.05) is 26.2 Å². The maximum Gasteiger partial charge on any atom is 0.0786 e. The van der Waals surface area contributed by atoms with Gasteiger partial charge in [0.15, 0.2) is 0 Å². The summed E-state index contributed by atoms with van der Waals surface area (Å²) in [5, 5.41) is 0. The first-order valence-corrected chi connectivity index (χ1v) is 13.1. The summed E-state index contributed by atoms with van der Waals surface area (Å²) < 4.78 is 1.46. The van der Waals surface area contributed by atoms with Gasteiger partial charge in [0, 0.05) is 0 Å². The quantitative estimate of drug-likeness (QED) is 0.0967. The van der Waals surface area contributed by atoms with Crippen molar-refractivity contribution in [2.24, 2.45) is 0 Å². The molecule has 0 saturated carbocycles. The summed E-state index contributed by atoms with van der Waals surface area (Å²) in [7, 11) is 0. The number of unbranched alkanes of at least 4 members (excludes halogenated alkanes) is 14. The molecule has 0 unspecified atom stereocenters. The predicted molar refractivity (Wildman–Crippen MR) is 126 cm³/mol. The number of rotatable bonds is 22. The summed E-state index contributed by atoms with van der Waals surface area (Å²) in [5.41, 5.74) is 0. The molecule has 0 saturated heterocycles. The third-order valence-corrected chi connectivity index (χ3v) is 6.44. The van der Waals surface area contributed by atoms with Gasteiger partial charge in [-0.15, -0.1) is 0 Å². The summed E-state index contributed by atoms with van der Waals surface area (Å²) in [5.74, 6) is 0. The highest BCUT2D eigenvalue weighted by Gasteiger charge is 2.25. The Morgan fingerprint density at radius 3 is 0.821 bits per heavy atom. The van der Waals surface area contributed by atoms with Gasteiger partial charge in [-0.25, -0.2) is 0 Å². The van der Waals surface area contributed by atoms with E-state index in [-0.39, 0.29) is 24.0 Å². The van der Waals surface area contributed by atoms with Gasteiger partial charge in [0.05, 0.1) is 26.2 Å². The van der Waals surface area contributed by atoms with Crippen molar-refractivity contribution in [2.45, 2.75) is 143 Å². The number of hydrogen-bond acceptors (Lipinski definition) is 0. The van der Waals surface area contributed by atoms with E-state index in [1.807, 2.05) is 0 Å². The zero-order chi connectivity index (χ0) is 20.1. The first-order valence-electron chi connectivity index (χ1n) is 13.1. The lowest BCUT2D eigenvalue weighted by Crippen LogP contribution is -3.00. The summed E-state index contributed by atoms with van der Waals surface area (Å²) in [6.07, 6.45) is 25.8. The summed E-state index contributed by atoms with van der Waals surface area (Å²) in [4.78, 5) is 0. The molecule has 0 fully saturated rings. The lowest BCUT2D eigenvalue weighted by molar-refractivity contribution is -0.929. The first-order chi connectivity index (χ1) is 13.2. The van der Waals surface area contributed by atoms with Crippen LogP contribution in [0.4, 0.5) is 0 Å². The minimum absolute atomic E-state index is 0. The molecule has 28 heavy (non-hydrogen) atoms. The van der Waals surface area contributed by atoms with E-state index in [1.54, 1.807) is 0 Å². The molecule has 0 aromatic rings. The smallest absolute Gasteiger partial charge is 0.0786 e. The Morgan fingerprint density at radius 2 is 0.536 bits per heavy atom. The molecule has 0 amide bonds. The molecule has 0 atom stereocenters. The number of halogens is 1. The Morgan fingerprint density at radius 1 is 0.321 bits per heavy atom. The monoisotopic (exact) mass is 509 g/mol. The molecule has 172 valence electrons. The van der Waals surface area contributed by atoms with Crippen LogP contribution in [0.25, 0.3) is 0 Å². The topological polar surface area (TPSA) is 0 Å². The number of quaternary nitrogens is 1. The fourth-order valence-corrected chi connectivity index (χ4v) is 4.52. The molecule has 0 aromatic heterocycles. The third kappa shape index (κ3) is 18.7. The van der Waals surface area contributed by atoms with E-state index in [2.05, 4.69) is 27.7 Å². The van der Waals surface area contributed by atoms with Crippen LogP contribution in [0.5, 0.6) is 0 Å². The first kappa shape index (κ1) is 30.9. The van der Waals surface area contributed by atoms with Gasteiger partial charge in [0.2, 0.25) is 0 Å². The highest BCUT2D eigenvalue weighted by molar-refractivity contribution is 4.53. The average Bonchev–Trinajstić information content (AvgIpc) is 2.67. The van der Waals surface area contributed by atoms with Gasteiger partial charge < -0.3 is 28.5 Å². The molecule has 0 aromatic carbocycles. The van der Waals surface area contributed by atoms with Gasteiger partial charge in [0.25, 0.3) is 0 Å². The SMILES string of the molecule is CCCCCCC[N+](CCCCC)(CCCCCCC)CCCCCCC.[I-]. The van der Waals surface area contributed by atoms with Gasteiger partial charge in [-0.05, 0) is 51.4 Å². The van der Waals surface area contributed by atoms with Gasteiger partial charge in [-0.2, -0.15) is 0 Å². The van der Waals surface area contributed by atoms with Crippen LogP contribution in [0.15, 0.2) is 0 Å². The number of hydrogen-bond donors (Lipinski definition) is 0. The van der Waals surface area contributed by atoms with E-state index in [9.17, 15) is 0 Å². The minimum Gasteiger partial charge on any atom is -1.00 e. The molecule has 0 spiro atoms. The van der Waals surface area contributed by atoms with E-state index in [0.29, 0.717) is 0 Å². The average molecular weight is 510 g/mol. The minimum atomic E-state index is 0. The van der Waals surface area contributed by atoms with Crippen molar-refractivity contribution in [1.29, 1.82) is 0 Å². The second-order valence-electron chi connectivity index (χ2n) is 9.19. The van der Waals surface area contributed by atoms with Crippen LogP contribution in [0, 0.1) is 0 Å². The molecule has 0 aliphatic heterocycles. The van der Waals surface area contributed by atoms with Crippen molar-refractivity contribution < 1.29 is 28.5 Å². The van der Waals surface area contributed by atoms with Crippen LogP contribution in [0.3, 0.4) is 0 Å². The number of nitrogens with zero attached hydrogens (tertiary/aromatic N) is 1. The maximum atomic E-state index is 2.36. The molecule has 0 aliphatic carbocycles. The zero-order valence-electron chi connectivity index (χ0n) is 20.4. The van der Waals surface area contributed by atoms with Gasteiger partial charge in [0.1, 0.15) is 0 Å². The van der Waals surface area contributed by atoms with Crippen LogP contribution < -0.4 is 24.0 Å². The van der Waals surface area contributed by atoms with Crippen molar-refractivity contribution in [3.8, 4) is 0 Å². The molecule has 0 rings (SSSR count). The molecular weight excluding hydrogens is 453 g/mol. The summed E-state index contributed by atoms with van der Waals surface area (Å²) in [6, 6.07) is 0. The molecule has 0 aliphatic rings. The lowest BCUT2D eigenvalue weighted by Gasteiger charge is -2.39. The van der Waals surface area contributed by atoms with Crippen LogP contribution in [0.1, 0.15) is 143 Å². The summed E-state index contributed by atoms with van der Waals surface area (Å²) >= 11 is 0. The van der Waals surface area contributed by atoms with Crippen molar-refractivity contribution in [3.05, 3.63) is 0 Å². The predicted octanol–water partition coefficient (Wildman–Crippen LogP) is 5.91. The van der Waals surface area contributed by atoms with E-state index in [4.69, 9.17) is 0 Å². The fraction of sp³-hybridized carbons (Fsp3) is 1.00. The highest BCUT2D eigenvalue weighted by Crippen LogP contribution is 2.19. The van der Waals surface area contributed by atoms with E-state index in [1.165, 1.54) is 146 Å². The van der Waals surface area contributed by atoms with Crippen molar-refractivity contribution in [1.82, 2.24) is 0 Å². The van der Waals surface area contributed by atoms with Gasteiger partial charge >= 0.3 is 0 Å². The Balaban J connectivity index is 0. The van der Waals surface area contributed by atoms with Crippen molar-refractivity contribution >= 4 is 0 Å².